The van der Waals surface area contributed by atoms with Gasteiger partial charge in [0.05, 0.1) is 17.2 Å². The zero-order valence-corrected chi connectivity index (χ0v) is 13.8. The molecule has 2 N–H and O–H groups in total. The molecule has 0 saturated heterocycles. The van der Waals surface area contributed by atoms with Crippen LogP contribution in [0.15, 0.2) is 22.8 Å². The molecule has 1 aromatic rings. The molecule has 1 aromatic carbocycles. The molecule has 0 aromatic heterocycles. The van der Waals surface area contributed by atoms with Gasteiger partial charge in [-0.1, -0.05) is 18.5 Å². The SMILES string of the molecule is CCc1cc(NC(=O)C2=C(C)OCCS2)cc(C(=O)O)c1Cl. The predicted molar refractivity (Wildman–Crippen MR) is 87.5 cm³/mol. The van der Waals surface area contributed by atoms with Crippen molar-refractivity contribution in [2.45, 2.75) is 20.3 Å². The molecule has 118 valence electrons. The molecule has 5 nitrogen and oxygen atoms in total. The molecule has 0 aliphatic carbocycles. The molecule has 2 rings (SSSR count). The number of thioether (sulfide) groups is 1. The van der Waals surface area contributed by atoms with Crippen molar-refractivity contribution in [2.75, 3.05) is 17.7 Å². The molecule has 1 aliphatic rings. The van der Waals surface area contributed by atoms with Gasteiger partial charge in [0, 0.05) is 11.4 Å². The normalized spacial score (nSPS) is 14.5. The monoisotopic (exact) mass is 341 g/mol. The summed E-state index contributed by atoms with van der Waals surface area (Å²) in [5, 5.41) is 12.1. The number of carbonyl (C=O) groups is 2. The van der Waals surface area contributed by atoms with Crippen molar-refractivity contribution in [1.82, 2.24) is 0 Å². The Hall–Kier alpha value is -1.66. The second-order valence-corrected chi connectivity index (χ2v) is 6.18. The van der Waals surface area contributed by atoms with E-state index in [9.17, 15) is 14.7 Å². The number of hydrogen-bond donors (Lipinski definition) is 2. The minimum absolute atomic E-state index is 0.0189. The van der Waals surface area contributed by atoms with Gasteiger partial charge in [0.15, 0.2) is 0 Å². The van der Waals surface area contributed by atoms with Crippen molar-refractivity contribution in [3.8, 4) is 0 Å². The zero-order valence-electron chi connectivity index (χ0n) is 12.2. The molecule has 0 atom stereocenters. The van der Waals surface area contributed by atoms with E-state index < -0.39 is 5.97 Å². The van der Waals surface area contributed by atoms with Gasteiger partial charge in [0.25, 0.3) is 5.91 Å². The Morgan fingerprint density at radius 2 is 2.18 bits per heavy atom. The van der Waals surface area contributed by atoms with Crippen LogP contribution < -0.4 is 5.32 Å². The maximum Gasteiger partial charge on any atom is 0.337 e. The van der Waals surface area contributed by atoms with Crippen LogP contribution in [-0.2, 0) is 16.0 Å². The fraction of sp³-hybridized carbons (Fsp3) is 0.333. The minimum atomic E-state index is -1.12. The number of halogens is 1. The van der Waals surface area contributed by atoms with Gasteiger partial charge in [-0.05, 0) is 31.0 Å². The van der Waals surface area contributed by atoms with E-state index in [-0.39, 0.29) is 16.5 Å². The molecule has 0 fully saturated rings. The van der Waals surface area contributed by atoms with Gasteiger partial charge < -0.3 is 15.2 Å². The Morgan fingerprint density at radius 1 is 1.45 bits per heavy atom. The number of carboxylic acid groups (broad SMARTS) is 1. The lowest BCUT2D eigenvalue weighted by Gasteiger charge is -2.18. The van der Waals surface area contributed by atoms with E-state index in [0.717, 1.165) is 0 Å². The van der Waals surface area contributed by atoms with E-state index in [4.69, 9.17) is 16.3 Å². The number of rotatable bonds is 4. The molecule has 1 amide bonds. The molecule has 0 spiro atoms. The summed E-state index contributed by atoms with van der Waals surface area (Å²) in [5.74, 6) is -0.136. The highest BCUT2D eigenvalue weighted by molar-refractivity contribution is 8.04. The third-order valence-electron chi connectivity index (χ3n) is 3.19. The van der Waals surface area contributed by atoms with Crippen LogP contribution in [0.3, 0.4) is 0 Å². The number of amides is 1. The number of aromatic carboxylic acids is 1. The minimum Gasteiger partial charge on any atom is -0.496 e. The van der Waals surface area contributed by atoms with Gasteiger partial charge in [-0.2, -0.15) is 0 Å². The third kappa shape index (κ3) is 3.56. The lowest BCUT2D eigenvalue weighted by molar-refractivity contribution is -0.112. The zero-order chi connectivity index (χ0) is 16.3. The number of ether oxygens (including phenoxy) is 1. The number of carboxylic acids is 1. The molecule has 0 bridgehead atoms. The number of allylic oxidation sites excluding steroid dienone is 1. The Kier molecular flexibility index (Phi) is 5.37. The van der Waals surface area contributed by atoms with E-state index in [1.54, 1.807) is 13.0 Å². The number of anilines is 1. The van der Waals surface area contributed by atoms with Gasteiger partial charge in [-0.15, -0.1) is 11.8 Å². The standard InChI is InChI=1S/C15H16ClNO4S/c1-3-9-6-10(7-11(12(9)16)15(19)20)17-14(18)13-8(2)21-4-5-22-13/h6-7H,3-5H2,1-2H3,(H,17,18)(H,19,20). The fourth-order valence-electron chi connectivity index (χ4n) is 2.09. The van der Waals surface area contributed by atoms with Gasteiger partial charge in [0.1, 0.15) is 10.7 Å². The number of hydrogen-bond acceptors (Lipinski definition) is 4. The third-order valence-corrected chi connectivity index (χ3v) is 4.77. The van der Waals surface area contributed by atoms with Crippen molar-refractivity contribution in [3.05, 3.63) is 38.9 Å². The van der Waals surface area contributed by atoms with Crippen LogP contribution in [0.4, 0.5) is 5.69 Å². The van der Waals surface area contributed by atoms with Crippen molar-refractivity contribution in [1.29, 1.82) is 0 Å². The molecular weight excluding hydrogens is 326 g/mol. The highest BCUT2D eigenvalue weighted by atomic mass is 35.5. The highest BCUT2D eigenvalue weighted by Crippen LogP contribution is 2.29. The average molecular weight is 342 g/mol. The van der Waals surface area contributed by atoms with Crippen LogP contribution in [0.25, 0.3) is 0 Å². The second kappa shape index (κ2) is 7.07. The van der Waals surface area contributed by atoms with E-state index >= 15 is 0 Å². The van der Waals surface area contributed by atoms with Gasteiger partial charge in [0.2, 0.25) is 0 Å². The van der Waals surface area contributed by atoms with Crippen molar-refractivity contribution >= 4 is 40.9 Å². The number of nitrogens with one attached hydrogen (secondary N) is 1. The summed E-state index contributed by atoms with van der Waals surface area (Å²) in [6, 6.07) is 3.06. The Balaban J connectivity index is 2.31. The second-order valence-electron chi connectivity index (χ2n) is 4.69. The molecule has 0 radical (unpaired) electrons. The molecular formula is C15H16ClNO4S. The smallest absolute Gasteiger partial charge is 0.337 e. The Bertz CT molecular complexity index is 657. The van der Waals surface area contributed by atoms with Crippen LogP contribution >= 0.6 is 23.4 Å². The maximum absolute atomic E-state index is 12.3. The number of carbonyl (C=O) groups excluding carboxylic acids is 1. The fourth-order valence-corrected chi connectivity index (χ4v) is 3.23. The summed E-state index contributed by atoms with van der Waals surface area (Å²) in [6.45, 7) is 4.19. The van der Waals surface area contributed by atoms with Crippen LogP contribution in [0.5, 0.6) is 0 Å². The van der Waals surface area contributed by atoms with Crippen LogP contribution in [0.2, 0.25) is 5.02 Å². The average Bonchev–Trinajstić information content (AvgIpc) is 2.48. The highest BCUT2D eigenvalue weighted by Gasteiger charge is 2.20. The molecule has 1 heterocycles. The topological polar surface area (TPSA) is 75.6 Å². The molecule has 7 heteroatoms. The Morgan fingerprint density at radius 3 is 2.77 bits per heavy atom. The van der Waals surface area contributed by atoms with Gasteiger partial charge in [-0.3, -0.25) is 4.79 Å². The summed E-state index contributed by atoms with van der Waals surface area (Å²) in [6.07, 6.45) is 0.572. The summed E-state index contributed by atoms with van der Waals surface area (Å²) in [5.41, 5.74) is 1.07. The maximum atomic E-state index is 12.3. The van der Waals surface area contributed by atoms with E-state index in [2.05, 4.69) is 5.32 Å². The van der Waals surface area contributed by atoms with Gasteiger partial charge in [-0.25, -0.2) is 4.79 Å². The van der Waals surface area contributed by atoms with Gasteiger partial charge >= 0.3 is 5.97 Å². The Labute approximate surface area is 137 Å². The van der Waals surface area contributed by atoms with E-state index in [1.807, 2.05) is 6.92 Å². The first-order valence-corrected chi connectivity index (χ1v) is 8.14. The quantitative estimate of drug-likeness (QED) is 0.876. The van der Waals surface area contributed by atoms with Crippen LogP contribution in [-0.4, -0.2) is 29.3 Å². The summed E-state index contributed by atoms with van der Waals surface area (Å²) in [4.78, 5) is 24.1. The number of benzene rings is 1. The first-order valence-electron chi connectivity index (χ1n) is 6.77. The van der Waals surface area contributed by atoms with E-state index in [0.29, 0.717) is 40.7 Å². The molecule has 22 heavy (non-hydrogen) atoms. The lowest BCUT2D eigenvalue weighted by atomic mass is 10.1. The largest absolute Gasteiger partial charge is 0.496 e. The molecule has 0 unspecified atom stereocenters. The predicted octanol–water partition coefficient (Wildman–Crippen LogP) is 3.53. The van der Waals surface area contributed by atoms with Crippen molar-refractivity contribution in [2.24, 2.45) is 0 Å². The number of aryl methyl sites for hydroxylation is 1. The van der Waals surface area contributed by atoms with Crippen LogP contribution in [0.1, 0.15) is 29.8 Å². The first-order chi connectivity index (χ1) is 10.4. The van der Waals surface area contributed by atoms with Crippen molar-refractivity contribution < 1.29 is 19.4 Å². The summed E-state index contributed by atoms with van der Waals surface area (Å²) >= 11 is 7.48. The molecule has 0 saturated carbocycles. The molecule has 1 aliphatic heterocycles. The summed E-state index contributed by atoms with van der Waals surface area (Å²) < 4.78 is 5.36. The van der Waals surface area contributed by atoms with E-state index in [1.165, 1.54) is 17.8 Å². The summed E-state index contributed by atoms with van der Waals surface area (Å²) in [7, 11) is 0. The first kappa shape index (κ1) is 16.7. The van der Waals surface area contributed by atoms with Crippen LogP contribution in [0, 0.1) is 0 Å². The van der Waals surface area contributed by atoms with Crippen molar-refractivity contribution in [3.63, 3.8) is 0 Å². The lowest BCUT2D eigenvalue weighted by Crippen LogP contribution is -2.19.